The minimum atomic E-state index is -0.604. The summed E-state index contributed by atoms with van der Waals surface area (Å²) in [6.45, 7) is 1.79. The number of rotatable bonds is 2. The van der Waals surface area contributed by atoms with E-state index in [1.54, 1.807) is 19.1 Å². The number of methoxy groups -OCH3 is 1. The van der Waals surface area contributed by atoms with Crippen LogP contribution in [0.4, 0.5) is 0 Å². The molecule has 0 unspecified atom stereocenters. The van der Waals surface area contributed by atoms with Crippen molar-refractivity contribution in [3.8, 4) is 0 Å². The lowest BCUT2D eigenvalue weighted by Crippen LogP contribution is -2.20. The van der Waals surface area contributed by atoms with E-state index < -0.39 is 4.32 Å². The van der Waals surface area contributed by atoms with Gasteiger partial charge in [-0.15, -0.1) is 0 Å². The summed E-state index contributed by atoms with van der Waals surface area (Å²) in [5, 5.41) is 0. The maximum absolute atomic E-state index is 11.5. The molecule has 0 radical (unpaired) electrons. The van der Waals surface area contributed by atoms with E-state index in [-0.39, 0.29) is 17.7 Å². The molecule has 4 heteroatoms. The molecule has 1 fully saturated rings. The highest BCUT2D eigenvalue weighted by Gasteiger charge is 2.61. The number of halogens is 1. The molecule has 0 aromatic carbocycles. The Kier molecular flexibility index (Phi) is 2.34. The monoisotopic (exact) mass is 270 g/mol. The first-order valence-corrected chi connectivity index (χ1v) is 5.50. The van der Waals surface area contributed by atoms with Gasteiger partial charge in [-0.3, -0.25) is 9.59 Å². The molecule has 2 aliphatic rings. The summed E-state index contributed by atoms with van der Waals surface area (Å²) >= 11 is 3.39. The first-order chi connectivity index (χ1) is 7.00. The first kappa shape index (κ1) is 10.6. The Labute approximate surface area is 96.3 Å². The van der Waals surface area contributed by atoms with Crippen molar-refractivity contribution in [2.45, 2.75) is 17.7 Å². The van der Waals surface area contributed by atoms with Crippen molar-refractivity contribution in [2.24, 2.45) is 5.92 Å². The molecule has 0 spiro atoms. The quantitative estimate of drug-likeness (QED) is 0.568. The second-order valence-corrected chi connectivity index (χ2v) is 5.30. The molecule has 0 amide bonds. The van der Waals surface area contributed by atoms with Crippen molar-refractivity contribution in [1.29, 1.82) is 0 Å². The molecule has 80 valence electrons. The van der Waals surface area contributed by atoms with Crippen LogP contribution in [0.15, 0.2) is 23.3 Å². The topological polar surface area (TPSA) is 43.4 Å². The SMILES string of the molecule is COC(=O)[C@@]1(Br)C[C@H]1C1=C(C)C(=O)C=C1. The van der Waals surface area contributed by atoms with Crippen LogP contribution in [0.1, 0.15) is 13.3 Å². The predicted molar refractivity (Wildman–Crippen MR) is 58.6 cm³/mol. The molecule has 0 aromatic rings. The molecular formula is C11H11BrO3. The number of allylic oxidation sites excluding steroid dienone is 4. The Morgan fingerprint density at radius 1 is 1.60 bits per heavy atom. The third kappa shape index (κ3) is 1.47. The molecule has 1 saturated carbocycles. The Balaban J connectivity index is 2.22. The van der Waals surface area contributed by atoms with Crippen LogP contribution < -0.4 is 0 Å². The highest BCUT2D eigenvalue weighted by Crippen LogP contribution is 2.57. The standard InChI is InChI=1S/C11H11BrO3/c1-6-7(3-4-9(6)13)8-5-11(8,12)10(14)15-2/h3-4,8H,5H2,1-2H3/t8-,11+/m0/s1. The maximum Gasteiger partial charge on any atom is 0.323 e. The zero-order valence-electron chi connectivity index (χ0n) is 8.54. The lowest BCUT2D eigenvalue weighted by Gasteiger charge is -2.07. The van der Waals surface area contributed by atoms with Crippen molar-refractivity contribution in [2.75, 3.05) is 7.11 Å². The minimum Gasteiger partial charge on any atom is -0.468 e. The molecule has 15 heavy (non-hydrogen) atoms. The molecule has 0 bridgehead atoms. The molecule has 0 saturated heterocycles. The Hall–Kier alpha value is -0.900. The zero-order valence-corrected chi connectivity index (χ0v) is 10.1. The molecule has 2 rings (SSSR count). The van der Waals surface area contributed by atoms with E-state index in [0.717, 1.165) is 11.1 Å². The van der Waals surface area contributed by atoms with Crippen molar-refractivity contribution < 1.29 is 14.3 Å². The van der Waals surface area contributed by atoms with Gasteiger partial charge < -0.3 is 4.74 Å². The fraction of sp³-hybridized carbons (Fsp3) is 0.455. The minimum absolute atomic E-state index is 0.0385. The van der Waals surface area contributed by atoms with Crippen molar-refractivity contribution >= 4 is 27.7 Å². The van der Waals surface area contributed by atoms with E-state index in [1.807, 2.05) is 0 Å². The zero-order chi connectivity index (χ0) is 11.2. The van der Waals surface area contributed by atoms with Gasteiger partial charge in [0.25, 0.3) is 0 Å². The van der Waals surface area contributed by atoms with Gasteiger partial charge >= 0.3 is 5.97 Å². The summed E-state index contributed by atoms with van der Waals surface area (Å²) in [6.07, 6.45) is 4.05. The van der Waals surface area contributed by atoms with Crippen LogP contribution in [0.3, 0.4) is 0 Å². The highest BCUT2D eigenvalue weighted by atomic mass is 79.9. The lowest BCUT2D eigenvalue weighted by atomic mass is 10.1. The molecular weight excluding hydrogens is 260 g/mol. The van der Waals surface area contributed by atoms with Gasteiger partial charge in [0.1, 0.15) is 4.32 Å². The van der Waals surface area contributed by atoms with E-state index in [9.17, 15) is 9.59 Å². The van der Waals surface area contributed by atoms with E-state index in [4.69, 9.17) is 4.74 Å². The van der Waals surface area contributed by atoms with Gasteiger partial charge in [-0.1, -0.05) is 22.0 Å². The van der Waals surface area contributed by atoms with Crippen molar-refractivity contribution in [3.05, 3.63) is 23.3 Å². The number of hydrogen-bond acceptors (Lipinski definition) is 3. The Morgan fingerprint density at radius 2 is 2.27 bits per heavy atom. The predicted octanol–water partition coefficient (Wildman–Crippen LogP) is 1.77. The lowest BCUT2D eigenvalue weighted by molar-refractivity contribution is -0.140. The fourth-order valence-electron chi connectivity index (χ4n) is 1.93. The smallest absolute Gasteiger partial charge is 0.323 e. The van der Waals surface area contributed by atoms with Gasteiger partial charge in [-0.2, -0.15) is 0 Å². The van der Waals surface area contributed by atoms with E-state index in [1.165, 1.54) is 7.11 Å². The summed E-state index contributed by atoms with van der Waals surface area (Å²) in [4.78, 5) is 22.7. The normalized spacial score (nSPS) is 33.5. The number of ether oxygens (including phenoxy) is 1. The molecule has 0 N–H and O–H groups in total. The summed E-state index contributed by atoms with van der Waals surface area (Å²) in [7, 11) is 1.37. The maximum atomic E-state index is 11.5. The van der Waals surface area contributed by atoms with Crippen LogP contribution in [0.25, 0.3) is 0 Å². The number of ketones is 1. The van der Waals surface area contributed by atoms with Gasteiger partial charge in [-0.05, 0) is 30.6 Å². The number of alkyl halides is 1. The highest BCUT2D eigenvalue weighted by molar-refractivity contribution is 9.10. The largest absolute Gasteiger partial charge is 0.468 e. The van der Waals surface area contributed by atoms with Crippen LogP contribution in [-0.2, 0) is 14.3 Å². The third-order valence-electron chi connectivity index (χ3n) is 3.01. The van der Waals surface area contributed by atoms with Gasteiger partial charge in [0.15, 0.2) is 5.78 Å². The molecule has 0 aromatic heterocycles. The molecule has 0 aliphatic heterocycles. The average Bonchev–Trinajstić information content (AvgIpc) is 2.80. The number of hydrogen-bond donors (Lipinski definition) is 0. The van der Waals surface area contributed by atoms with Gasteiger partial charge in [0.2, 0.25) is 0 Å². The number of carbonyl (C=O) groups is 2. The first-order valence-electron chi connectivity index (χ1n) is 4.71. The molecule has 3 nitrogen and oxygen atoms in total. The van der Waals surface area contributed by atoms with Crippen LogP contribution in [0.2, 0.25) is 0 Å². The van der Waals surface area contributed by atoms with Gasteiger partial charge in [-0.25, -0.2) is 0 Å². The molecule has 2 aliphatic carbocycles. The van der Waals surface area contributed by atoms with E-state index in [2.05, 4.69) is 15.9 Å². The van der Waals surface area contributed by atoms with E-state index in [0.29, 0.717) is 6.42 Å². The van der Waals surface area contributed by atoms with Crippen molar-refractivity contribution in [1.82, 2.24) is 0 Å². The van der Waals surface area contributed by atoms with Crippen LogP contribution in [0, 0.1) is 5.92 Å². The fourth-order valence-corrected chi connectivity index (χ4v) is 2.66. The molecule has 2 atom stereocenters. The average molecular weight is 271 g/mol. The second-order valence-electron chi connectivity index (χ2n) is 3.89. The van der Waals surface area contributed by atoms with Crippen LogP contribution in [-0.4, -0.2) is 23.2 Å². The summed E-state index contributed by atoms with van der Waals surface area (Å²) in [6, 6.07) is 0. The molecule has 0 heterocycles. The second kappa shape index (κ2) is 3.30. The van der Waals surface area contributed by atoms with Crippen LogP contribution in [0.5, 0.6) is 0 Å². The Morgan fingerprint density at radius 3 is 2.73 bits per heavy atom. The summed E-state index contributed by atoms with van der Waals surface area (Å²) in [5.74, 6) is -0.148. The van der Waals surface area contributed by atoms with E-state index >= 15 is 0 Å². The number of carbonyl (C=O) groups excluding carboxylic acids is 2. The third-order valence-corrected chi connectivity index (χ3v) is 4.21. The van der Waals surface area contributed by atoms with Crippen molar-refractivity contribution in [3.63, 3.8) is 0 Å². The van der Waals surface area contributed by atoms with Crippen LogP contribution >= 0.6 is 15.9 Å². The number of esters is 1. The summed E-state index contributed by atoms with van der Waals surface area (Å²) < 4.78 is 4.11. The van der Waals surface area contributed by atoms with Gasteiger partial charge in [0, 0.05) is 5.92 Å². The summed E-state index contributed by atoms with van der Waals surface area (Å²) in [5.41, 5.74) is 1.70. The Bertz CT molecular complexity index is 408. The van der Waals surface area contributed by atoms with Gasteiger partial charge in [0.05, 0.1) is 7.11 Å².